The minimum Gasteiger partial charge on any atom is -0.481 e. The topological polar surface area (TPSA) is 62.4 Å². The van der Waals surface area contributed by atoms with Gasteiger partial charge in [0.05, 0.1) is 0 Å². The Kier molecular flexibility index (Phi) is 6.78. The molecule has 0 aromatic heterocycles. The number of hydrogen-bond acceptors (Lipinski definition) is 3. The predicted octanol–water partition coefficient (Wildman–Crippen LogP) is 2.67. The monoisotopic (exact) mass is 353 g/mol. The van der Waals surface area contributed by atoms with E-state index in [0.29, 0.717) is 22.8 Å². The number of hydrogen-bond donors (Lipinski definition) is 3. The van der Waals surface area contributed by atoms with Crippen molar-refractivity contribution in [3.63, 3.8) is 0 Å². The molecule has 1 amide bonds. The fourth-order valence-corrected chi connectivity index (χ4v) is 2.93. The van der Waals surface area contributed by atoms with Crippen molar-refractivity contribution in [3.8, 4) is 5.75 Å². The van der Waals surface area contributed by atoms with E-state index in [1.165, 1.54) is 43.5 Å². The number of amides is 1. The van der Waals surface area contributed by atoms with Gasteiger partial charge in [0.25, 0.3) is 5.91 Å². The van der Waals surface area contributed by atoms with E-state index in [1.807, 2.05) is 0 Å². The van der Waals surface area contributed by atoms with E-state index >= 15 is 0 Å². The first-order chi connectivity index (χ1) is 11.5. The smallest absolute Gasteiger partial charge is 0.279 e. The van der Waals surface area contributed by atoms with Gasteiger partial charge < -0.3 is 10.1 Å². The van der Waals surface area contributed by atoms with Gasteiger partial charge in [0.2, 0.25) is 0 Å². The molecule has 1 aliphatic carbocycles. The highest BCUT2D eigenvalue weighted by molar-refractivity contribution is 7.80. The lowest BCUT2D eigenvalue weighted by Crippen LogP contribution is -2.53. The van der Waals surface area contributed by atoms with Crippen molar-refractivity contribution in [1.29, 1.82) is 0 Å². The molecule has 0 aliphatic heterocycles. The highest BCUT2D eigenvalue weighted by Gasteiger charge is 2.22. The molecule has 0 unspecified atom stereocenters. The minimum atomic E-state index is -0.737. The average Bonchev–Trinajstić information content (AvgIpc) is 2.57. The maximum atomic E-state index is 12.8. The van der Waals surface area contributed by atoms with Crippen LogP contribution in [0.1, 0.15) is 39.5 Å². The Balaban J connectivity index is 1.73. The molecule has 1 aromatic rings. The Morgan fingerprint density at radius 3 is 2.58 bits per heavy atom. The SMILES string of the molecule is C[C@@H](Oc1ccc(F)cc1)C(=O)NNC(=S)N[C@H]1CCCC[C@@H]1C. The summed E-state index contributed by atoms with van der Waals surface area (Å²) in [5.41, 5.74) is 5.23. The van der Waals surface area contributed by atoms with Gasteiger partial charge in [-0.3, -0.25) is 15.6 Å². The third-order valence-corrected chi connectivity index (χ3v) is 4.44. The Hall–Kier alpha value is -1.89. The fraction of sp³-hybridized carbons (Fsp3) is 0.529. The number of benzene rings is 1. The van der Waals surface area contributed by atoms with Crippen LogP contribution < -0.4 is 20.9 Å². The average molecular weight is 353 g/mol. The molecular weight excluding hydrogens is 329 g/mol. The number of nitrogens with one attached hydrogen (secondary N) is 3. The van der Waals surface area contributed by atoms with Crippen LogP contribution in [0.5, 0.6) is 5.75 Å². The molecule has 3 N–H and O–H groups in total. The van der Waals surface area contributed by atoms with Crippen molar-refractivity contribution in [2.24, 2.45) is 5.92 Å². The van der Waals surface area contributed by atoms with E-state index in [1.54, 1.807) is 6.92 Å². The molecule has 0 spiro atoms. The number of hydrazine groups is 1. The van der Waals surface area contributed by atoms with E-state index in [4.69, 9.17) is 17.0 Å². The molecule has 3 atom stereocenters. The molecule has 7 heteroatoms. The molecule has 0 saturated heterocycles. The van der Waals surface area contributed by atoms with Gasteiger partial charge in [0.15, 0.2) is 11.2 Å². The number of carbonyl (C=O) groups is 1. The summed E-state index contributed by atoms with van der Waals surface area (Å²) in [6, 6.07) is 5.85. The van der Waals surface area contributed by atoms with E-state index in [9.17, 15) is 9.18 Å². The molecule has 1 aliphatic rings. The molecule has 5 nitrogen and oxygen atoms in total. The van der Waals surface area contributed by atoms with Gasteiger partial charge in [0.1, 0.15) is 11.6 Å². The first kappa shape index (κ1) is 18.4. The summed E-state index contributed by atoms with van der Waals surface area (Å²) in [6.45, 7) is 3.82. The lowest BCUT2D eigenvalue weighted by molar-refractivity contribution is -0.127. The van der Waals surface area contributed by atoms with Gasteiger partial charge in [-0.25, -0.2) is 4.39 Å². The molecule has 132 valence electrons. The van der Waals surface area contributed by atoms with Crippen LogP contribution in [0.15, 0.2) is 24.3 Å². The van der Waals surface area contributed by atoms with Gasteiger partial charge in [-0.2, -0.15) is 0 Å². The molecule has 1 saturated carbocycles. The van der Waals surface area contributed by atoms with E-state index in [2.05, 4.69) is 23.1 Å². The molecule has 0 bridgehead atoms. The Morgan fingerprint density at radius 2 is 1.92 bits per heavy atom. The zero-order valence-electron chi connectivity index (χ0n) is 14.0. The summed E-state index contributed by atoms with van der Waals surface area (Å²) in [4.78, 5) is 12.0. The summed E-state index contributed by atoms with van der Waals surface area (Å²) in [6.07, 6.45) is 3.99. The zero-order chi connectivity index (χ0) is 17.5. The fourth-order valence-electron chi connectivity index (χ4n) is 2.73. The van der Waals surface area contributed by atoms with Crippen molar-refractivity contribution in [1.82, 2.24) is 16.2 Å². The number of halogens is 1. The first-order valence-electron chi connectivity index (χ1n) is 8.24. The third-order valence-electron chi connectivity index (χ3n) is 4.22. The van der Waals surface area contributed by atoms with Crippen LogP contribution in [-0.4, -0.2) is 23.2 Å². The third kappa shape index (κ3) is 5.63. The highest BCUT2D eigenvalue weighted by Crippen LogP contribution is 2.23. The maximum absolute atomic E-state index is 12.8. The van der Waals surface area contributed by atoms with E-state index in [0.717, 1.165) is 6.42 Å². The van der Waals surface area contributed by atoms with Crippen molar-refractivity contribution in [2.75, 3.05) is 0 Å². The summed E-state index contributed by atoms with van der Waals surface area (Å²) < 4.78 is 18.3. The first-order valence-corrected chi connectivity index (χ1v) is 8.65. The standard InChI is InChI=1S/C17H24FN3O2S/c1-11-5-3-4-6-15(11)19-17(24)21-20-16(22)12(2)23-14-9-7-13(18)8-10-14/h7-12,15H,3-6H2,1-2H3,(H,20,22)(H2,19,21,24)/t11-,12+,15-/m0/s1. The summed E-state index contributed by atoms with van der Waals surface area (Å²) in [7, 11) is 0. The molecule has 2 rings (SSSR count). The van der Waals surface area contributed by atoms with Gasteiger partial charge in [-0.1, -0.05) is 19.8 Å². The van der Waals surface area contributed by atoms with Gasteiger partial charge in [0, 0.05) is 6.04 Å². The molecule has 0 radical (unpaired) electrons. The highest BCUT2D eigenvalue weighted by atomic mass is 32.1. The predicted molar refractivity (Wildman–Crippen MR) is 94.9 cm³/mol. The van der Waals surface area contributed by atoms with Gasteiger partial charge >= 0.3 is 0 Å². The van der Waals surface area contributed by atoms with Crippen LogP contribution in [-0.2, 0) is 4.79 Å². The van der Waals surface area contributed by atoms with Crippen LogP contribution >= 0.6 is 12.2 Å². The maximum Gasteiger partial charge on any atom is 0.279 e. The van der Waals surface area contributed by atoms with Gasteiger partial charge in [-0.15, -0.1) is 0 Å². The van der Waals surface area contributed by atoms with Crippen molar-refractivity contribution in [2.45, 2.75) is 51.7 Å². The normalized spacial score (nSPS) is 21.5. The minimum absolute atomic E-state index is 0.337. The Morgan fingerprint density at radius 1 is 1.25 bits per heavy atom. The molecular formula is C17H24FN3O2S. The van der Waals surface area contributed by atoms with Crippen molar-refractivity contribution >= 4 is 23.2 Å². The molecule has 24 heavy (non-hydrogen) atoms. The second kappa shape index (κ2) is 8.82. The number of thiocarbonyl (C=S) groups is 1. The second-order valence-corrected chi connectivity index (χ2v) is 6.58. The lowest BCUT2D eigenvalue weighted by atomic mass is 9.86. The van der Waals surface area contributed by atoms with Crippen LogP contribution in [0, 0.1) is 11.7 Å². The van der Waals surface area contributed by atoms with Gasteiger partial charge in [-0.05, 0) is 62.2 Å². The lowest BCUT2D eigenvalue weighted by Gasteiger charge is -2.30. The van der Waals surface area contributed by atoms with Crippen LogP contribution in [0.25, 0.3) is 0 Å². The van der Waals surface area contributed by atoms with Crippen molar-refractivity contribution < 1.29 is 13.9 Å². The number of ether oxygens (including phenoxy) is 1. The largest absolute Gasteiger partial charge is 0.481 e. The molecule has 1 aromatic carbocycles. The quantitative estimate of drug-likeness (QED) is 0.574. The van der Waals surface area contributed by atoms with E-state index in [-0.39, 0.29) is 11.7 Å². The number of rotatable bonds is 4. The Bertz CT molecular complexity index is 567. The van der Waals surface area contributed by atoms with Crippen LogP contribution in [0.3, 0.4) is 0 Å². The van der Waals surface area contributed by atoms with Crippen molar-refractivity contribution in [3.05, 3.63) is 30.1 Å². The zero-order valence-corrected chi connectivity index (χ0v) is 14.8. The van der Waals surface area contributed by atoms with Crippen LogP contribution in [0.4, 0.5) is 4.39 Å². The Labute approximate surface area is 147 Å². The summed E-state index contributed by atoms with van der Waals surface area (Å²) in [5.74, 6) is 0.278. The summed E-state index contributed by atoms with van der Waals surface area (Å²) in [5, 5.41) is 3.64. The van der Waals surface area contributed by atoms with Crippen LogP contribution in [0.2, 0.25) is 0 Å². The second-order valence-electron chi connectivity index (χ2n) is 6.17. The van der Waals surface area contributed by atoms with E-state index < -0.39 is 6.10 Å². The molecule has 1 fully saturated rings. The number of carbonyl (C=O) groups excluding carboxylic acids is 1. The summed E-state index contributed by atoms with van der Waals surface area (Å²) >= 11 is 5.22. The molecule has 0 heterocycles.